The maximum absolute atomic E-state index is 5.54. The highest BCUT2D eigenvalue weighted by molar-refractivity contribution is 5.79. The monoisotopic (exact) mass is 248 g/mol. The summed E-state index contributed by atoms with van der Waals surface area (Å²) in [7, 11) is 0. The number of nitrogens with one attached hydrogen (secondary N) is 1. The van der Waals surface area contributed by atoms with Crippen LogP contribution in [0.15, 0.2) is 12.1 Å². The molecule has 1 aliphatic rings. The number of rotatable bonds is 4. The van der Waals surface area contributed by atoms with Crippen LogP contribution in [0.2, 0.25) is 0 Å². The molecule has 0 atom stereocenters. The number of ether oxygens (including phenoxy) is 3. The van der Waals surface area contributed by atoms with Crippen molar-refractivity contribution in [1.82, 2.24) is 9.97 Å². The molecule has 0 unspecified atom stereocenters. The van der Waals surface area contributed by atoms with Crippen LogP contribution >= 0.6 is 0 Å². The molecular weight excluding hydrogens is 232 g/mol. The highest BCUT2D eigenvalue weighted by atomic mass is 16.6. The molecule has 5 nitrogen and oxygen atoms in total. The number of fused-ring (bicyclic) bond motifs is 2. The van der Waals surface area contributed by atoms with Gasteiger partial charge in [-0.1, -0.05) is 6.92 Å². The molecule has 0 amide bonds. The van der Waals surface area contributed by atoms with Crippen LogP contribution in [0.25, 0.3) is 11.0 Å². The first-order valence-electron chi connectivity index (χ1n) is 6.23. The first-order valence-corrected chi connectivity index (χ1v) is 6.23. The average molecular weight is 248 g/mol. The Labute approximate surface area is 105 Å². The first-order chi connectivity index (χ1) is 8.86. The number of nitrogens with zero attached hydrogens (tertiary/aromatic N) is 1. The molecule has 0 saturated heterocycles. The molecule has 2 heterocycles. The Morgan fingerprint density at radius 2 is 2.06 bits per heavy atom. The van der Waals surface area contributed by atoms with E-state index in [9.17, 15) is 0 Å². The summed E-state index contributed by atoms with van der Waals surface area (Å²) in [4.78, 5) is 7.71. The van der Waals surface area contributed by atoms with Gasteiger partial charge in [-0.2, -0.15) is 0 Å². The number of imidazole rings is 1. The number of hydrogen-bond acceptors (Lipinski definition) is 4. The molecule has 0 aliphatic carbocycles. The second-order valence-corrected chi connectivity index (χ2v) is 4.25. The summed E-state index contributed by atoms with van der Waals surface area (Å²) in [6.45, 7) is 4.53. The lowest BCUT2D eigenvalue weighted by Gasteiger charge is -2.17. The van der Waals surface area contributed by atoms with Gasteiger partial charge < -0.3 is 19.2 Å². The molecule has 0 radical (unpaired) electrons. The van der Waals surface area contributed by atoms with Gasteiger partial charge in [0, 0.05) is 18.7 Å². The number of hydrogen-bond donors (Lipinski definition) is 1. The lowest BCUT2D eigenvalue weighted by molar-refractivity contribution is 0.117. The summed E-state index contributed by atoms with van der Waals surface area (Å²) in [6, 6.07) is 3.84. The third kappa shape index (κ3) is 2.13. The van der Waals surface area contributed by atoms with Gasteiger partial charge in [0.1, 0.15) is 25.6 Å². The van der Waals surface area contributed by atoms with E-state index in [2.05, 4.69) is 16.9 Å². The topological polar surface area (TPSA) is 56.4 Å². The van der Waals surface area contributed by atoms with Crippen LogP contribution in [0.1, 0.15) is 19.2 Å². The van der Waals surface area contributed by atoms with E-state index in [4.69, 9.17) is 14.2 Å². The summed E-state index contributed by atoms with van der Waals surface area (Å²) < 4.78 is 16.5. The molecule has 1 N–H and O–H groups in total. The van der Waals surface area contributed by atoms with Gasteiger partial charge in [0.2, 0.25) is 0 Å². The van der Waals surface area contributed by atoms with E-state index in [1.54, 1.807) is 0 Å². The molecule has 3 rings (SSSR count). The molecule has 1 aromatic carbocycles. The van der Waals surface area contributed by atoms with Crippen LogP contribution < -0.4 is 9.47 Å². The first kappa shape index (κ1) is 11.3. The average Bonchev–Trinajstić information content (AvgIpc) is 2.77. The predicted octanol–water partition coefficient (Wildman–Crippen LogP) is 2.26. The highest BCUT2D eigenvalue weighted by Gasteiger charge is 2.14. The Morgan fingerprint density at radius 3 is 2.83 bits per heavy atom. The van der Waals surface area contributed by atoms with Crippen molar-refractivity contribution in [2.45, 2.75) is 20.0 Å². The minimum absolute atomic E-state index is 0.509. The second kappa shape index (κ2) is 4.86. The van der Waals surface area contributed by atoms with Gasteiger partial charge in [-0.05, 0) is 6.42 Å². The number of benzene rings is 1. The molecule has 0 bridgehead atoms. The van der Waals surface area contributed by atoms with E-state index in [0.29, 0.717) is 19.8 Å². The minimum Gasteiger partial charge on any atom is -0.486 e. The fourth-order valence-electron chi connectivity index (χ4n) is 1.98. The second-order valence-electron chi connectivity index (χ2n) is 4.25. The van der Waals surface area contributed by atoms with Crippen molar-refractivity contribution in [3.8, 4) is 11.5 Å². The van der Waals surface area contributed by atoms with Crippen LogP contribution in [0.3, 0.4) is 0 Å². The zero-order chi connectivity index (χ0) is 12.4. The Bertz CT molecular complexity index is 507. The van der Waals surface area contributed by atoms with Crippen LogP contribution in [-0.2, 0) is 11.3 Å². The van der Waals surface area contributed by atoms with Gasteiger partial charge in [-0.25, -0.2) is 4.98 Å². The maximum Gasteiger partial charge on any atom is 0.163 e. The fourth-order valence-corrected chi connectivity index (χ4v) is 1.98. The standard InChI is InChI=1S/C13H16N2O3/c1-2-3-16-8-13-14-9-6-11-12(7-10(9)15-13)18-5-4-17-11/h6-7H,2-5,8H2,1H3,(H,14,15). The summed E-state index contributed by atoms with van der Waals surface area (Å²) in [6.07, 6.45) is 1.01. The largest absolute Gasteiger partial charge is 0.486 e. The summed E-state index contributed by atoms with van der Waals surface area (Å²) >= 11 is 0. The van der Waals surface area contributed by atoms with Gasteiger partial charge in [0.15, 0.2) is 11.5 Å². The van der Waals surface area contributed by atoms with Gasteiger partial charge in [-0.15, -0.1) is 0 Å². The third-order valence-electron chi connectivity index (χ3n) is 2.78. The van der Waals surface area contributed by atoms with E-state index >= 15 is 0 Å². The highest BCUT2D eigenvalue weighted by Crippen LogP contribution is 2.33. The molecule has 1 aromatic heterocycles. The lowest BCUT2D eigenvalue weighted by atomic mass is 10.2. The van der Waals surface area contributed by atoms with Crippen LogP contribution in [0.4, 0.5) is 0 Å². The molecule has 1 aliphatic heterocycles. The quantitative estimate of drug-likeness (QED) is 0.843. The Balaban J connectivity index is 1.87. The van der Waals surface area contributed by atoms with Crippen molar-refractivity contribution in [3.05, 3.63) is 18.0 Å². The minimum atomic E-state index is 0.509. The molecule has 0 fully saturated rings. The molecule has 96 valence electrons. The predicted molar refractivity (Wildman–Crippen MR) is 67.0 cm³/mol. The van der Waals surface area contributed by atoms with Gasteiger partial charge >= 0.3 is 0 Å². The summed E-state index contributed by atoms with van der Waals surface area (Å²) in [5.41, 5.74) is 1.84. The van der Waals surface area contributed by atoms with E-state index in [1.165, 1.54) is 0 Å². The normalized spacial score (nSPS) is 14.1. The fraction of sp³-hybridized carbons (Fsp3) is 0.462. The van der Waals surface area contributed by atoms with Gasteiger partial charge in [0.05, 0.1) is 11.0 Å². The zero-order valence-corrected chi connectivity index (χ0v) is 10.4. The molecule has 18 heavy (non-hydrogen) atoms. The van der Waals surface area contributed by atoms with E-state index in [1.807, 2.05) is 12.1 Å². The molecule has 2 aromatic rings. The van der Waals surface area contributed by atoms with Gasteiger partial charge in [0.25, 0.3) is 0 Å². The smallest absolute Gasteiger partial charge is 0.163 e. The van der Waals surface area contributed by atoms with E-state index in [-0.39, 0.29) is 0 Å². The Morgan fingerprint density at radius 1 is 1.28 bits per heavy atom. The van der Waals surface area contributed by atoms with Crippen LogP contribution in [-0.4, -0.2) is 29.8 Å². The molecule has 0 saturated carbocycles. The lowest BCUT2D eigenvalue weighted by Crippen LogP contribution is -2.15. The molecule has 0 spiro atoms. The molecular formula is C13H16N2O3. The summed E-state index contributed by atoms with van der Waals surface area (Å²) in [5.74, 6) is 2.38. The van der Waals surface area contributed by atoms with Crippen LogP contribution in [0.5, 0.6) is 11.5 Å². The molecule has 5 heteroatoms. The Kier molecular flexibility index (Phi) is 3.06. The van der Waals surface area contributed by atoms with Crippen molar-refractivity contribution in [1.29, 1.82) is 0 Å². The van der Waals surface area contributed by atoms with Gasteiger partial charge in [-0.3, -0.25) is 0 Å². The van der Waals surface area contributed by atoms with Crippen molar-refractivity contribution in [3.63, 3.8) is 0 Å². The van der Waals surface area contributed by atoms with Crippen LogP contribution in [0, 0.1) is 0 Å². The third-order valence-corrected chi connectivity index (χ3v) is 2.78. The van der Waals surface area contributed by atoms with Crippen molar-refractivity contribution >= 4 is 11.0 Å². The zero-order valence-electron chi connectivity index (χ0n) is 10.4. The van der Waals surface area contributed by atoms with E-state index in [0.717, 1.165) is 41.4 Å². The number of aromatic amines is 1. The van der Waals surface area contributed by atoms with Crippen molar-refractivity contribution in [2.24, 2.45) is 0 Å². The van der Waals surface area contributed by atoms with Crippen molar-refractivity contribution < 1.29 is 14.2 Å². The number of H-pyrrole nitrogens is 1. The summed E-state index contributed by atoms with van der Waals surface area (Å²) in [5, 5.41) is 0. The van der Waals surface area contributed by atoms with Crippen molar-refractivity contribution in [2.75, 3.05) is 19.8 Å². The maximum atomic E-state index is 5.54. The number of aromatic nitrogens is 2. The Hall–Kier alpha value is -1.75. The SMILES string of the molecule is CCCOCc1nc2cc3c(cc2[nH]1)OCCO3. The van der Waals surface area contributed by atoms with E-state index < -0.39 is 0 Å².